The molecule has 3 rings (SSSR count). The van der Waals surface area contributed by atoms with E-state index in [-0.39, 0.29) is 17.9 Å². The first kappa shape index (κ1) is 15.3. The Morgan fingerprint density at radius 2 is 2.27 bits per heavy atom. The molecular weight excluding hydrogens is 278 g/mol. The number of fused-ring (bicyclic) bond motifs is 1. The Balaban J connectivity index is 1.63. The van der Waals surface area contributed by atoms with Gasteiger partial charge in [0.15, 0.2) is 0 Å². The van der Waals surface area contributed by atoms with Crippen LogP contribution in [0.2, 0.25) is 0 Å². The van der Waals surface area contributed by atoms with Crippen LogP contribution in [0.15, 0.2) is 18.2 Å². The van der Waals surface area contributed by atoms with E-state index in [2.05, 4.69) is 17.4 Å². The van der Waals surface area contributed by atoms with Gasteiger partial charge in [0.05, 0.1) is 19.1 Å². The zero-order valence-corrected chi connectivity index (χ0v) is 13.4. The first-order valence-corrected chi connectivity index (χ1v) is 8.25. The molecule has 1 fully saturated rings. The van der Waals surface area contributed by atoms with Gasteiger partial charge in [0.25, 0.3) is 0 Å². The van der Waals surface area contributed by atoms with Crippen molar-refractivity contribution in [2.45, 2.75) is 44.6 Å². The van der Waals surface area contributed by atoms with Crippen molar-refractivity contribution in [3.8, 4) is 5.75 Å². The fourth-order valence-corrected chi connectivity index (χ4v) is 3.66. The predicted octanol–water partition coefficient (Wildman–Crippen LogP) is 2.66. The third-order valence-corrected chi connectivity index (χ3v) is 5.02. The van der Waals surface area contributed by atoms with E-state index in [1.807, 2.05) is 13.0 Å². The second-order valence-corrected chi connectivity index (χ2v) is 6.37. The molecule has 1 aromatic rings. The van der Waals surface area contributed by atoms with Crippen LogP contribution in [0.25, 0.3) is 0 Å². The van der Waals surface area contributed by atoms with Crippen LogP contribution in [0.5, 0.6) is 5.75 Å². The zero-order chi connectivity index (χ0) is 15.5. The highest BCUT2D eigenvalue weighted by atomic mass is 16.5. The number of carbonyl (C=O) groups is 1. The number of hydrogen-bond acceptors (Lipinski definition) is 3. The van der Waals surface area contributed by atoms with Gasteiger partial charge in [0.2, 0.25) is 5.91 Å². The molecule has 1 aliphatic carbocycles. The van der Waals surface area contributed by atoms with Crippen LogP contribution in [0, 0.1) is 5.92 Å². The molecule has 0 spiro atoms. The molecule has 3 unspecified atom stereocenters. The van der Waals surface area contributed by atoms with Crippen LogP contribution < -0.4 is 10.1 Å². The molecular formula is C18H25NO3. The number of carbonyl (C=O) groups excluding carboxylic acids is 1. The molecule has 4 nitrogen and oxygen atoms in total. The van der Waals surface area contributed by atoms with Crippen LogP contribution in [-0.2, 0) is 16.0 Å². The molecule has 120 valence electrons. The summed E-state index contributed by atoms with van der Waals surface area (Å²) in [6.07, 6.45) is 4.29. The largest absolute Gasteiger partial charge is 0.497 e. The smallest absolute Gasteiger partial charge is 0.225 e. The van der Waals surface area contributed by atoms with Crippen molar-refractivity contribution in [1.29, 1.82) is 0 Å². The molecule has 1 N–H and O–H groups in total. The molecule has 2 aliphatic rings. The maximum Gasteiger partial charge on any atom is 0.225 e. The number of ether oxygens (including phenoxy) is 2. The number of hydrogen-bond donors (Lipinski definition) is 1. The minimum atomic E-state index is 0.0129. The maximum atomic E-state index is 12.3. The van der Waals surface area contributed by atoms with Gasteiger partial charge in [-0.25, -0.2) is 0 Å². The summed E-state index contributed by atoms with van der Waals surface area (Å²) in [5.74, 6) is 1.49. The summed E-state index contributed by atoms with van der Waals surface area (Å²) in [6, 6.07) is 6.31. The lowest BCUT2D eigenvalue weighted by Gasteiger charge is -2.27. The Labute approximate surface area is 132 Å². The highest BCUT2D eigenvalue weighted by molar-refractivity contribution is 5.79. The zero-order valence-electron chi connectivity index (χ0n) is 13.4. The van der Waals surface area contributed by atoms with Gasteiger partial charge in [-0.05, 0) is 55.9 Å². The first-order valence-electron chi connectivity index (χ1n) is 8.25. The van der Waals surface area contributed by atoms with Gasteiger partial charge in [0, 0.05) is 19.1 Å². The number of benzene rings is 1. The van der Waals surface area contributed by atoms with Crippen molar-refractivity contribution < 1.29 is 14.3 Å². The average molecular weight is 303 g/mol. The second kappa shape index (κ2) is 6.69. The summed E-state index contributed by atoms with van der Waals surface area (Å²) in [5, 5.41) is 3.14. The molecule has 0 bridgehead atoms. The van der Waals surface area contributed by atoms with Crippen LogP contribution >= 0.6 is 0 Å². The first-order chi connectivity index (χ1) is 10.7. The highest BCUT2D eigenvalue weighted by Crippen LogP contribution is 2.33. The fraction of sp³-hybridized carbons (Fsp3) is 0.611. The van der Waals surface area contributed by atoms with Gasteiger partial charge in [-0.2, -0.15) is 0 Å². The number of aryl methyl sites for hydroxylation is 1. The van der Waals surface area contributed by atoms with Crippen LogP contribution in [0.3, 0.4) is 0 Å². The topological polar surface area (TPSA) is 47.6 Å². The lowest BCUT2D eigenvalue weighted by Crippen LogP contribution is -2.37. The molecule has 1 aliphatic heterocycles. The third kappa shape index (κ3) is 3.12. The Morgan fingerprint density at radius 3 is 3.00 bits per heavy atom. The third-order valence-electron chi connectivity index (χ3n) is 5.02. The minimum Gasteiger partial charge on any atom is -0.497 e. The van der Waals surface area contributed by atoms with Crippen molar-refractivity contribution in [3.05, 3.63) is 29.3 Å². The molecule has 1 aromatic carbocycles. The van der Waals surface area contributed by atoms with Gasteiger partial charge < -0.3 is 14.8 Å². The Hall–Kier alpha value is -1.55. The standard InChI is InChI=1S/C18H25NO3/c1-12-16(8-9-22-12)18(20)19-11-14-5-3-4-13-10-15(21-2)6-7-17(13)14/h6-7,10,12,14,16H,3-5,8-9,11H2,1-2H3,(H,19,20). The SMILES string of the molecule is COc1ccc2c(c1)CCCC2CNC(=O)C1CCOC1C. The predicted molar refractivity (Wildman–Crippen MR) is 85.2 cm³/mol. The Bertz CT molecular complexity index is 543. The van der Waals surface area contributed by atoms with E-state index in [1.165, 1.54) is 17.5 Å². The Morgan fingerprint density at radius 1 is 1.41 bits per heavy atom. The minimum absolute atomic E-state index is 0.0129. The molecule has 0 radical (unpaired) electrons. The summed E-state index contributed by atoms with van der Waals surface area (Å²) in [6.45, 7) is 3.41. The molecule has 1 amide bonds. The number of rotatable bonds is 4. The molecule has 0 aromatic heterocycles. The van der Waals surface area contributed by atoms with Crippen molar-refractivity contribution in [3.63, 3.8) is 0 Å². The summed E-state index contributed by atoms with van der Waals surface area (Å²) in [7, 11) is 1.70. The molecule has 3 atom stereocenters. The monoisotopic (exact) mass is 303 g/mol. The lowest BCUT2D eigenvalue weighted by molar-refractivity contribution is -0.126. The van der Waals surface area contributed by atoms with Crippen LogP contribution in [0.4, 0.5) is 0 Å². The fourth-order valence-electron chi connectivity index (χ4n) is 3.66. The summed E-state index contributed by atoms with van der Waals surface area (Å²) in [5.41, 5.74) is 2.73. The Kier molecular flexibility index (Phi) is 4.67. The van der Waals surface area contributed by atoms with E-state index in [4.69, 9.17) is 9.47 Å². The van der Waals surface area contributed by atoms with Crippen molar-refractivity contribution in [2.24, 2.45) is 5.92 Å². The van der Waals surface area contributed by atoms with E-state index >= 15 is 0 Å². The lowest BCUT2D eigenvalue weighted by atomic mass is 9.82. The van der Waals surface area contributed by atoms with Gasteiger partial charge in [-0.3, -0.25) is 4.79 Å². The molecule has 22 heavy (non-hydrogen) atoms. The molecule has 1 saturated heterocycles. The van der Waals surface area contributed by atoms with Crippen molar-refractivity contribution >= 4 is 5.91 Å². The van der Waals surface area contributed by atoms with Crippen molar-refractivity contribution in [1.82, 2.24) is 5.32 Å². The van der Waals surface area contributed by atoms with Gasteiger partial charge >= 0.3 is 0 Å². The number of nitrogens with one attached hydrogen (secondary N) is 1. The average Bonchev–Trinajstić information content (AvgIpc) is 2.98. The summed E-state index contributed by atoms with van der Waals surface area (Å²) in [4.78, 5) is 12.3. The van der Waals surface area contributed by atoms with Gasteiger partial charge in [-0.15, -0.1) is 0 Å². The molecule has 1 heterocycles. The van der Waals surface area contributed by atoms with E-state index in [0.717, 1.165) is 31.6 Å². The van der Waals surface area contributed by atoms with Gasteiger partial charge in [0.1, 0.15) is 5.75 Å². The summed E-state index contributed by atoms with van der Waals surface area (Å²) >= 11 is 0. The second-order valence-electron chi connectivity index (χ2n) is 6.37. The number of amides is 1. The van der Waals surface area contributed by atoms with E-state index in [1.54, 1.807) is 7.11 Å². The van der Waals surface area contributed by atoms with Gasteiger partial charge in [-0.1, -0.05) is 6.07 Å². The van der Waals surface area contributed by atoms with Crippen molar-refractivity contribution in [2.75, 3.05) is 20.3 Å². The number of methoxy groups -OCH3 is 1. The van der Waals surface area contributed by atoms with Crippen LogP contribution in [-0.4, -0.2) is 32.3 Å². The quantitative estimate of drug-likeness (QED) is 0.930. The van der Waals surface area contributed by atoms with E-state index < -0.39 is 0 Å². The van der Waals surface area contributed by atoms with E-state index in [0.29, 0.717) is 12.5 Å². The van der Waals surface area contributed by atoms with Crippen LogP contribution in [0.1, 0.15) is 43.2 Å². The summed E-state index contributed by atoms with van der Waals surface area (Å²) < 4.78 is 10.8. The molecule has 4 heteroatoms. The maximum absolute atomic E-state index is 12.3. The highest BCUT2D eigenvalue weighted by Gasteiger charge is 2.31. The normalized spacial score (nSPS) is 27.3. The molecule has 0 saturated carbocycles. The van der Waals surface area contributed by atoms with E-state index in [9.17, 15) is 4.79 Å².